The van der Waals surface area contributed by atoms with Gasteiger partial charge in [0.05, 0.1) is 14.2 Å². The van der Waals surface area contributed by atoms with Crippen LogP contribution in [-0.4, -0.2) is 20.8 Å². The first-order valence-corrected chi connectivity index (χ1v) is 4.65. The Kier molecular flexibility index (Phi) is 3.77. The van der Waals surface area contributed by atoms with Gasteiger partial charge >= 0.3 is 0 Å². The molecule has 14 heavy (non-hydrogen) atoms. The first-order chi connectivity index (χ1) is 6.74. The summed E-state index contributed by atoms with van der Waals surface area (Å²) in [4.78, 5) is 0. The molecule has 0 radical (unpaired) electrons. The molecule has 0 amide bonds. The molecule has 0 saturated heterocycles. The Bertz CT molecular complexity index is 277. The Morgan fingerprint density at radius 3 is 2.07 bits per heavy atom. The first-order valence-electron chi connectivity index (χ1n) is 4.65. The minimum atomic E-state index is 0.237. The van der Waals surface area contributed by atoms with Crippen molar-refractivity contribution in [2.45, 2.75) is 12.8 Å². The molecule has 78 valence electrons. The van der Waals surface area contributed by atoms with Crippen LogP contribution >= 0.6 is 0 Å². The maximum Gasteiger partial charge on any atom is 0.126 e. The molecule has 2 N–H and O–H groups in total. The van der Waals surface area contributed by atoms with Crippen LogP contribution in [-0.2, 0) is 0 Å². The summed E-state index contributed by atoms with van der Waals surface area (Å²) >= 11 is 0. The molecule has 0 saturated carbocycles. The maximum atomic E-state index is 5.64. The molecule has 0 bridgehead atoms. The van der Waals surface area contributed by atoms with Crippen LogP contribution in [0.1, 0.15) is 18.4 Å². The highest BCUT2D eigenvalue weighted by Gasteiger charge is 2.15. The molecular weight excluding hydrogens is 178 g/mol. The fourth-order valence-electron chi connectivity index (χ4n) is 1.48. The second-order valence-corrected chi connectivity index (χ2v) is 3.21. The van der Waals surface area contributed by atoms with Crippen LogP contribution in [0.3, 0.4) is 0 Å². The lowest BCUT2D eigenvalue weighted by molar-refractivity contribution is 0.380. The van der Waals surface area contributed by atoms with E-state index in [4.69, 9.17) is 15.2 Å². The highest BCUT2D eigenvalue weighted by atomic mass is 16.5. The topological polar surface area (TPSA) is 44.5 Å². The number of hydrogen-bond acceptors (Lipinski definition) is 3. The van der Waals surface area contributed by atoms with Gasteiger partial charge < -0.3 is 15.2 Å². The molecule has 1 atom stereocenters. The van der Waals surface area contributed by atoms with E-state index in [0.717, 1.165) is 17.1 Å². The van der Waals surface area contributed by atoms with Crippen LogP contribution < -0.4 is 15.2 Å². The lowest BCUT2D eigenvalue weighted by Gasteiger charge is -2.17. The number of nitrogens with two attached hydrogens (primary N) is 1. The summed E-state index contributed by atoms with van der Waals surface area (Å²) in [5.74, 6) is 1.91. The van der Waals surface area contributed by atoms with E-state index in [-0.39, 0.29) is 5.92 Å². The van der Waals surface area contributed by atoms with Gasteiger partial charge in [-0.3, -0.25) is 0 Å². The quantitative estimate of drug-likeness (QED) is 0.796. The molecule has 0 aliphatic heterocycles. The van der Waals surface area contributed by atoms with Gasteiger partial charge in [0.2, 0.25) is 0 Å². The van der Waals surface area contributed by atoms with Crippen molar-refractivity contribution in [3.63, 3.8) is 0 Å². The largest absolute Gasteiger partial charge is 0.496 e. The lowest BCUT2D eigenvalue weighted by Crippen LogP contribution is -2.11. The summed E-state index contributed by atoms with van der Waals surface area (Å²) in [6, 6.07) is 5.75. The molecule has 0 aromatic heterocycles. The molecular formula is C11H17NO2. The summed E-state index contributed by atoms with van der Waals surface area (Å²) in [5, 5.41) is 0. The van der Waals surface area contributed by atoms with E-state index >= 15 is 0 Å². The number of benzene rings is 1. The van der Waals surface area contributed by atoms with Gasteiger partial charge in [-0.25, -0.2) is 0 Å². The third-order valence-corrected chi connectivity index (χ3v) is 2.31. The molecule has 0 spiro atoms. The molecule has 1 rings (SSSR count). The van der Waals surface area contributed by atoms with Crippen molar-refractivity contribution in [1.82, 2.24) is 0 Å². The van der Waals surface area contributed by atoms with E-state index in [0.29, 0.717) is 6.54 Å². The SMILES string of the molecule is COc1cccc(OC)c1[C@H](C)CN. The second kappa shape index (κ2) is 4.86. The molecule has 1 aromatic rings. The maximum absolute atomic E-state index is 5.64. The molecule has 3 nitrogen and oxygen atoms in total. The van der Waals surface area contributed by atoms with E-state index in [1.165, 1.54) is 0 Å². The summed E-state index contributed by atoms with van der Waals surface area (Å²) in [5.41, 5.74) is 6.68. The molecule has 0 fully saturated rings. The zero-order chi connectivity index (χ0) is 10.6. The van der Waals surface area contributed by atoms with Crippen LogP contribution in [0.2, 0.25) is 0 Å². The van der Waals surface area contributed by atoms with Crippen molar-refractivity contribution in [3.05, 3.63) is 23.8 Å². The van der Waals surface area contributed by atoms with Gasteiger partial charge in [0.15, 0.2) is 0 Å². The highest BCUT2D eigenvalue weighted by Crippen LogP contribution is 2.34. The third-order valence-electron chi connectivity index (χ3n) is 2.31. The molecule has 0 aliphatic carbocycles. The lowest BCUT2D eigenvalue weighted by atomic mass is 9.99. The zero-order valence-electron chi connectivity index (χ0n) is 8.91. The minimum absolute atomic E-state index is 0.237. The van der Waals surface area contributed by atoms with Crippen LogP contribution in [0.15, 0.2) is 18.2 Å². The molecule has 3 heteroatoms. The minimum Gasteiger partial charge on any atom is -0.496 e. The number of rotatable bonds is 4. The van der Waals surface area contributed by atoms with Crippen LogP contribution in [0.5, 0.6) is 11.5 Å². The standard InChI is InChI=1S/C11H17NO2/c1-8(7-12)11-9(13-2)5-4-6-10(11)14-3/h4-6,8H,7,12H2,1-3H3/t8-/m1/s1. The molecule has 1 aromatic carbocycles. The highest BCUT2D eigenvalue weighted by molar-refractivity contribution is 5.47. The van der Waals surface area contributed by atoms with Crippen molar-refractivity contribution < 1.29 is 9.47 Å². The number of ether oxygens (including phenoxy) is 2. The fourth-order valence-corrected chi connectivity index (χ4v) is 1.48. The smallest absolute Gasteiger partial charge is 0.126 e. The average molecular weight is 195 g/mol. The van der Waals surface area contributed by atoms with Crippen molar-refractivity contribution in [3.8, 4) is 11.5 Å². The predicted octanol–water partition coefficient (Wildman–Crippen LogP) is 1.77. The van der Waals surface area contributed by atoms with Gasteiger partial charge in [0.25, 0.3) is 0 Å². The van der Waals surface area contributed by atoms with Crippen LogP contribution in [0, 0.1) is 0 Å². The van der Waals surface area contributed by atoms with E-state index in [2.05, 4.69) is 6.92 Å². The second-order valence-electron chi connectivity index (χ2n) is 3.21. The van der Waals surface area contributed by atoms with E-state index in [9.17, 15) is 0 Å². The molecule has 0 aliphatic rings. The van der Waals surface area contributed by atoms with Gasteiger partial charge in [-0.05, 0) is 18.7 Å². The van der Waals surface area contributed by atoms with Crippen molar-refractivity contribution in [2.75, 3.05) is 20.8 Å². The first kappa shape index (κ1) is 10.9. The van der Waals surface area contributed by atoms with Gasteiger partial charge in [0.1, 0.15) is 11.5 Å². The summed E-state index contributed by atoms with van der Waals surface area (Å²) in [6.45, 7) is 2.64. The van der Waals surface area contributed by atoms with Crippen molar-refractivity contribution in [2.24, 2.45) is 5.73 Å². The molecule has 0 unspecified atom stereocenters. The number of hydrogen-bond donors (Lipinski definition) is 1. The Hall–Kier alpha value is -1.22. The van der Waals surface area contributed by atoms with E-state index < -0.39 is 0 Å². The van der Waals surface area contributed by atoms with E-state index in [1.54, 1.807) is 14.2 Å². The summed E-state index contributed by atoms with van der Waals surface area (Å²) < 4.78 is 10.6. The van der Waals surface area contributed by atoms with Crippen LogP contribution in [0.4, 0.5) is 0 Å². The van der Waals surface area contributed by atoms with Crippen molar-refractivity contribution in [1.29, 1.82) is 0 Å². The Morgan fingerprint density at radius 1 is 1.21 bits per heavy atom. The van der Waals surface area contributed by atoms with Gasteiger partial charge in [0, 0.05) is 11.5 Å². The monoisotopic (exact) mass is 195 g/mol. The van der Waals surface area contributed by atoms with Gasteiger partial charge in [-0.15, -0.1) is 0 Å². The third kappa shape index (κ3) is 1.99. The van der Waals surface area contributed by atoms with Gasteiger partial charge in [-0.1, -0.05) is 13.0 Å². The summed E-state index contributed by atoms with van der Waals surface area (Å²) in [6.07, 6.45) is 0. The Balaban J connectivity index is 3.18. The van der Waals surface area contributed by atoms with E-state index in [1.807, 2.05) is 18.2 Å². The van der Waals surface area contributed by atoms with Crippen LogP contribution in [0.25, 0.3) is 0 Å². The molecule has 0 heterocycles. The van der Waals surface area contributed by atoms with Gasteiger partial charge in [-0.2, -0.15) is 0 Å². The van der Waals surface area contributed by atoms with Crippen molar-refractivity contribution >= 4 is 0 Å². The Morgan fingerprint density at radius 2 is 1.71 bits per heavy atom. The zero-order valence-corrected chi connectivity index (χ0v) is 8.91. The average Bonchev–Trinajstić information content (AvgIpc) is 2.26. The fraction of sp³-hybridized carbons (Fsp3) is 0.455. The predicted molar refractivity (Wildman–Crippen MR) is 57.0 cm³/mol. The normalized spacial score (nSPS) is 12.3. The Labute approximate surface area is 84.8 Å². The summed E-state index contributed by atoms with van der Waals surface area (Å²) in [7, 11) is 3.31. The number of methoxy groups -OCH3 is 2.